The van der Waals surface area contributed by atoms with Crippen LogP contribution in [0.3, 0.4) is 0 Å². The van der Waals surface area contributed by atoms with E-state index >= 15 is 0 Å². The van der Waals surface area contributed by atoms with Crippen LogP contribution in [0.4, 0.5) is 5.69 Å². The molecule has 0 bridgehead atoms. The largest absolute Gasteiger partial charge is 0.380 e. The second-order valence-electron chi connectivity index (χ2n) is 3.82. The second-order valence-corrected chi connectivity index (χ2v) is 3.82. The molecule has 0 aromatic carbocycles. The van der Waals surface area contributed by atoms with Crippen LogP contribution in [0.15, 0.2) is 36.8 Å². The van der Waals surface area contributed by atoms with Crippen LogP contribution in [0.25, 0.3) is 5.82 Å². The minimum absolute atomic E-state index is 0.460. The van der Waals surface area contributed by atoms with E-state index in [1.807, 2.05) is 30.6 Å². The first kappa shape index (κ1) is 10.7. The first-order valence-corrected chi connectivity index (χ1v) is 5.52. The van der Waals surface area contributed by atoms with Crippen LogP contribution in [0.1, 0.15) is 20.3 Å². The molecule has 2 heterocycles. The molecule has 2 aromatic rings. The van der Waals surface area contributed by atoms with Gasteiger partial charge in [-0.1, -0.05) is 13.0 Å². The summed E-state index contributed by atoms with van der Waals surface area (Å²) >= 11 is 0. The Hall–Kier alpha value is -1.84. The highest BCUT2D eigenvalue weighted by atomic mass is 15.3. The highest BCUT2D eigenvalue weighted by molar-refractivity contribution is 5.41. The van der Waals surface area contributed by atoms with Crippen molar-refractivity contribution in [2.24, 2.45) is 0 Å². The SMILES string of the molecule is CCC(C)Nc1cnn(-c2ccccn2)c1. The van der Waals surface area contributed by atoms with Crippen LogP contribution in [0.5, 0.6) is 0 Å². The topological polar surface area (TPSA) is 42.7 Å². The Bertz CT molecular complexity index is 435. The summed E-state index contributed by atoms with van der Waals surface area (Å²) in [5, 5.41) is 7.64. The van der Waals surface area contributed by atoms with Crippen LogP contribution >= 0.6 is 0 Å². The van der Waals surface area contributed by atoms with Crippen molar-refractivity contribution in [2.45, 2.75) is 26.3 Å². The summed E-state index contributed by atoms with van der Waals surface area (Å²) in [6.45, 7) is 4.30. The fourth-order valence-electron chi connectivity index (χ4n) is 1.40. The molecule has 0 saturated carbocycles. The van der Waals surface area contributed by atoms with E-state index in [2.05, 4.69) is 29.2 Å². The summed E-state index contributed by atoms with van der Waals surface area (Å²) in [5.41, 5.74) is 1.03. The van der Waals surface area contributed by atoms with Crippen molar-refractivity contribution >= 4 is 5.69 Å². The van der Waals surface area contributed by atoms with Gasteiger partial charge in [0.25, 0.3) is 0 Å². The normalized spacial score (nSPS) is 12.4. The number of anilines is 1. The van der Waals surface area contributed by atoms with Gasteiger partial charge in [-0.3, -0.25) is 0 Å². The quantitative estimate of drug-likeness (QED) is 0.853. The Kier molecular flexibility index (Phi) is 3.19. The number of hydrogen-bond acceptors (Lipinski definition) is 3. The molecule has 0 spiro atoms. The molecule has 1 N–H and O–H groups in total. The molecule has 84 valence electrons. The maximum absolute atomic E-state index is 4.27. The number of nitrogens with one attached hydrogen (secondary N) is 1. The number of rotatable bonds is 4. The van der Waals surface area contributed by atoms with Crippen LogP contribution in [0.2, 0.25) is 0 Å². The molecule has 0 amide bonds. The lowest BCUT2D eigenvalue weighted by Gasteiger charge is -2.09. The van der Waals surface area contributed by atoms with Crippen molar-refractivity contribution in [1.29, 1.82) is 0 Å². The van der Waals surface area contributed by atoms with Gasteiger partial charge in [-0.2, -0.15) is 5.10 Å². The molecular formula is C12H16N4. The minimum atomic E-state index is 0.460. The molecule has 0 fully saturated rings. The lowest BCUT2D eigenvalue weighted by Crippen LogP contribution is -2.12. The maximum Gasteiger partial charge on any atom is 0.153 e. The fourth-order valence-corrected chi connectivity index (χ4v) is 1.40. The molecule has 0 aliphatic carbocycles. The molecule has 1 unspecified atom stereocenters. The highest BCUT2D eigenvalue weighted by Gasteiger charge is 2.03. The zero-order valence-electron chi connectivity index (χ0n) is 9.59. The zero-order chi connectivity index (χ0) is 11.4. The van der Waals surface area contributed by atoms with Gasteiger partial charge < -0.3 is 5.32 Å². The van der Waals surface area contributed by atoms with Crippen molar-refractivity contribution in [3.8, 4) is 5.82 Å². The smallest absolute Gasteiger partial charge is 0.153 e. The van der Waals surface area contributed by atoms with E-state index in [-0.39, 0.29) is 0 Å². The van der Waals surface area contributed by atoms with Crippen LogP contribution < -0.4 is 5.32 Å². The van der Waals surface area contributed by atoms with Gasteiger partial charge in [-0.25, -0.2) is 9.67 Å². The van der Waals surface area contributed by atoms with Crippen molar-refractivity contribution in [1.82, 2.24) is 14.8 Å². The number of nitrogens with zero attached hydrogens (tertiary/aromatic N) is 3. The van der Waals surface area contributed by atoms with Crippen molar-refractivity contribution in [3.63, 3.8) is 0 Å². The minimum Gasteiger partial charge on any atom is -0.380 e. The number of pyridine rings is 1. The average molecular weight is 216 g/mol. The molecule has 0 radical (unpaired) electrons. The van der Waals surface area contributed by atoms with E-state index in [9.17, 15) is 0 Å². The molecule has 4 heteroatoms. The molecule has 0 aliphatic heterocycles. The average Bonchev–Trinajstić information content (AvgIpc) is 2.78. The standard InChI is InChI=1S/C12H16N4/c1-3-10(2)15-11-8-14-16(9-11)12-6-4-5-7-13-12/h4-10,15H,3H2,1-2H3. The van der Waals surface area contributed by atoms with Crippen LogP contribution in [-0.2, 0) is 0 Å². The summed E-state index contributed by atoms with van der Waals surface area (Å²) in [6.07, 6.45) is 6.63. The predicted octanol–water partition coefficient (Wildman–Crippen LogP) is 2.48. The third kappa shape index (κ3) is 2.39. The van der Waals surface area contributed by atoms with Gasteiger partial charge in [-0.05, 0) is 25.5 Å². The molecule has 2 rings (SSSR count). The molecule has 1 atom stereocenters. The molecular weight excluding hydrogens is 200 g/mol. The van der Waals surface area contributed by atoms with E-state index in [1.54, 1.807) is 10.9 Å². The van der Waals surface area contributed by atoms with Gasteiger partial charge in [0.15, 0.2) is 5.82 Å². The van der Waals surface area contributed by atoms with Gasteiger partial charge >= 0.3 is 0 Å². The lowest BCUT2D eigenvalue weighted by atomic mass is 10.2. The Labute approximate surface area is 95.3 Å². The number of aromatic nitrogens is 3. The summed E-state index contributed by atoms with van der Waals surface area (Å²) in [5.74, 6) is 0.833. The van der Waals surface area contributed by atoms with Crippen molar-refractivity contribution < 1.29 is 0 Å². The summed E-state index contributed by atoms with van der Waals surface area (Å²) in [6, 6.07) is 6.23. The predicted molar refractivity (Wildman–Crippen MR) is 64.7 cm³/mol. The zero-order valence-corrected chi connectivity index (χ0v) is 9.59. The van der Waals surface area contributed by atoms with Gasteiger partial charge in [0.2, 0.25) is 0 Å². The molecule has 4 nitrogen and oxygen atoms in total. The third-order valence-corrected chi connectivity index (χ3v) is 2.49. The van der Waals surface area contributed by atoms with E-state index in [4.69, 9.17) is 0 Å². The first-order valence-electron chi connectivity index (χ1n) is 5.52. The van der Waals surface area contributed by atoms with Gasteiger partial charge in [-0.15, -0.1) is 0 Å². The maximum atomic E-state index is 4.27. The Morgan fingerprint density at radius 2 is 2.31 bits per heavy atom. The second kappa shape index (κ2) is 4.79. The Morgan fingerprint density at radius 3 is 3.00 bits per heavy atom. The Morgan fingerprint density at radius 1 is 1.44 bits per heavy atom. The summed E-state index contributed by atoms with van der Waals surface area (Å²) in [4.78, 5) is 4.23. The van der Waals surface area contributed by atoms with Crippen LogP contribution in [0, 0.1) is 0 Å². The fraction of sp³-hybridized carbons (Fsp3) is 0.333. The lowest BCUT2D eigenvalue weighted by molar-refractivity contribution is 0.764. The monoisotopic (exact) mass is 216 g/mol. The van der Waals surface area contributed by atoms with Gasteiger partial charge in [0.05, 0.1) is 18.1 Å². The molecule has 2 aromatic heterocycles. The molecule has 16 heavy (non-hydrogen) atoms. The first-order chi connectivity index (χ1) is 7.79. The van der Waals surface area contributed by atoms with Crippen molar-refractivity contribution in [2.75, 3.05) is 5.32 Å². The third-order valence-electron chi connectivity index (χ3n) is 2.49. The van der Waals surface area contributed by atoms with E-state index in [0.29, 0.717) is 6.04 Å². The highest BCUT2D eigenvalue weighted by Crippen LogP contribution is 2.11. The summed E-state index contributed by atoms with van der Waals surface area (Å²) < 4.78 is 1.77. The van der Waals surface area contributed by atoms with E-state index < -0.39 is 0 Å². The van der Waals surface area contributed by atoms with E-state index in [0.717, 1.165) is 17.9 Å². The van der Waals surface area contributed by atoms with Gasteiger partial charge in [0, 0.05) is 12.2 Å². The van der Waals surface area contributed by atoms with Crippen LogP contribution in [-0.4, -0.2) is 20.8 Å². The number of hydrogen-bond donors (Lipinski definition) is 1. The molecule has 0 aliphatic rings. The van der Waals surface area contributed by atoms with Gasteiger partial charge in [0.1, 0.15) is 0 Å². The van der Waals surface area contributed by atoms with Crippen molar-refractivity contribution in [3.05, 3.63) is 36.8 Å². The molecule has 0 saturated heterocycles. The van der Waals surface area contributed by atoms with E-state index in [1.165, 1.54) is 0 Å². The summed E-state index contributed by atoms with van der Waals surface area (Å²) in [7, 11) is 0. The Balaban J connectivity index is 2.14.